The number of allylic oxidation sites excluding steroid dienone is 1. The molecule has 1 saturated heterocycles. The fourth-order valence-corrected chi connectivity index (χ4v) is 7.94. The number of amides is 4. The number of benzene rings is 1. The molecule has 2 aliphatic heterocycles. The number of nitrogens with zero attached hydrogens (tertiary/aromatic N) is 5. The van der Waals surface area contributed by atoms with Gasteiger partial charge in [0.1, 0.15) is 34.9 Å². The molecule has 18 heteroatoms. The maximum absolute atomic E-state index is 14.3. The standard InChI is InChI=1S/C33H42F2N8O7S/c1-32(2,3)50-31(47)36-25-10-8-6-4-5-7-9-20-17-33(20,30(46)40-51(48,49)24-11-12-24)37-28(44)26-16-23(18-42(26)29(25)45)43-39-27(38-41-43)19-13-21(34)15-22(35)14-19/h7,9,13-15,20,23-26H,4-6,8,10-12,16-18H2,1-3H3,(H,36,47)(H,37,44)(H,40,46)/b9-7+/t20?,23-,25+,26+,33-/m1/s1. The molecular weight excluding hydrogens is 690 g/mol. The van der Waals surface area contributed by atoms with E-state index in [9.17, 15) is 36.4 Å². The first kappa shape index (κ1) is 36.3. The number of rotatable bonds is 6. The number of tetrazole rings is 1. The number of fused-ring (bicyclic) bond motifs is 2. The van der Waals surface area contributed by atoms with E-state index in [4.69, 9.17) is 4.74 Å². The Morgan fingerprint density at radius 3 is 2.47 bits per heavy atom. The molecule has 4 aliphatic rings. The summed E-state index contributed by atoms with van der Waals surface area (Å²) >= 11 is 0. The summed E-state index contributed by atoms with van der Waals surface area (Å²) in [5.41, 5.74) is -2.37. The van der Waals surface area contributed by atoms with Crippen LogP contribution in [0.4, 0.5) is 13.6 Å². The molecule has 15 nitrogen and oxygen atoms in total. The number of alkyl carbamates (subject to hydrolysis) is 1. The molecule has 1 unspecified atom stereocenters. The molecule has 4 amide bonds. The van der Waals surface area contributed by atoms with E-state index in [-0.39, 0.29) is 37.2 Å². The van der Waals surface area contributed by atoms with E-state index in [0.717, 1.165) is 29.8 Å². The van der Waals surface area contributed by atoms with E-state index >= 15 is 0 Å². The van der Waals surface area contributed by atoms with Gasteiger partial charge in [0.25, 0.3) is 5.91 Å². The molecule has 6 rings (SSSR count). The van der Waals surface area contributed by atoms with Crippen molar-refractivity contribution in [2.24, 2.45) is 5.92 Å². The lowest BCUT2D eigenvalue weighted by Crippen LogP contribution is -2.58. The molecule has 0 bridgehead atoms. The summed E-state index contributed by atoms with van der Waals surface area (Å²) in [5.74, 6) is -4.37. The molecule has 2 aliphatic carbocycles. The maximum atomic E-state index is 14.3. The largest absolute Gasteiger partial charge is 0.444 e. The van der Waals surface area contributed by atoms with Gasteiger partial charge in [-0.05, 0) is 76.6 Å². The van der Waals surface area contributed by atoms with Crippen molar-refractivity contribution in [3.63, 3.8) is 0 Å². The van der Waals surface area contributed by atoms with Gasteiger partial charge in [-0.1, -0.05) is 25.0 Å². The van der Waals surface area contributed by atoms with Crippen LogP contribution in [0.15, 0.2) is 30.4 Å². The number of hydrogen-bond donors (Lipinski definition) is 3. The predicted molar refractivity (Wildman–Crippen MR) is 177 cm³/mol. The zero-order valence-corrected chi connectivity index (χ0v) is 29.4. The number of hydrogen-bond acceptors (Lipinski definition) is 10. The highest BCUT2D eigenvalue weighted by molar-refractivity contribution is 7.91. The molecule has 5 atom stereocenters. The first-order valence-corrected chi connectivity index (χ1v) is 18.7. The Bertz CT molecular complexity index is 1820. The van der Waals surface area contributed by atoms with Gasteiger partial charge in [0.05, 0.1) is 11.3 Å². The van der Waals surface area contributed by atoms with Crippen LogP contribution in [0.5, 0.6) is 0 Å². The Morgan fingerprint density at radius 2 is 1.78 bits per heavy atom. The van der Waals surface area contributed by atoms with Gasteiger partial charge in [-0.25, -0.2) is 22.0 Å². The second kappa shape index (κ2) is 13.9. The summed E-state index contributed by atoms with van der Waals surface area (Å²) in [6.07, 6.45) is 6.84. The molecule has 51 heavy (non-hydrogen) atoms. The summed E-state index contributed by atoms with van der Waals surface area (Å²) in [5, 5.41) is 17.1. The minimum atomic E-state index is -3.92. The quantitative estimate of drug-likeness (QED) is 0.372. The first-order valence-electron chi connectivity index (χ1n) is 17.2. The number of ether oxygens (including phenoxy) is 1. The molecule has 3 heterocycles. The van der Waals surface area contributed by atoms with Gasteiger partial charge >= 0.3 is 6.09 Å². The predicted octanol–water partition coefficient (Wildman–Crippen LogP) is 2.66. The monoisotopic (exact) mass is 732 g/mol. The normalized spacial score (nSPS) is 28.0. The van der Waals surface area contributed by atoms with Crippen LogP contribution in [0.3, 0.4) is 0 Å². The molecule has 1 aromatic heterocycles. The van der Waals surface area contributed by atoms with Crippen molar-refractivity contribution >= 4 is 33.8 Å². The summed E-state index contributed by atoms with van der Waals surface area (Å²) < 4.78 is 61.0. The topological polar surface area (TPSA) is 195 Å². The smallest absolute Gasteiger partial charge is 0.408 e. The van der Waals surface area contributed by atoms with E-state index in [1.807, 2.05) is 12.2 Å². The van der Waals surface area contributed by atoms with Gasteiger partial charge in [0.2, 0.25) is 27.7 Å². The number of halogens is 2. The average Bonchev–Trinajstić information content (AvgIpc) is 3.90. The van der Waals surface area contributed by atoms with E-state index < -0.39 is 85.9 Å². The lowest BCUT2D eigenvalue weighted by Gasteiger charge is -2.30. The highest BCUT2D eigenvalue weighted by Gasteiger charge is 2.62. The van der Waals surface area contributed by atoms with Crippen molar-refractivity contribution in [1.29, 1.82) is 0 Å². The second-order valence-electron chi connectivity index (χ2n) is 14.7. The van der Waals surface area contributed by atoms with Crippen LogP contribution in [0, 0.1) is 17.6 Å². The van der Waals surface area contributed by atoms with Gasteiger partial charge in [-0.3, -0.25) is 19.1 Å². The van der Waals surface area contributed by atoms with Crippen LogP contribution in [-0.4, -0.2) is 92.4 Å². The number of carbonyl (C=O) groups is 4. The molecule has 3 N–H and O–H groups in total. The molecule has 1 aromatic carbocycles. The molecule has 3 fully saturated rings. The third-order valence-corrected chi connectivity index (χ3v) is 11.2. The zero-order valence-electron chi connectivity index (χ0n) is 28.6. The van der Waals surface area contributed by atoms with Crippen molar-refractivity contribution in [3.8, 4) is 11.4 Å². The fraction of sp³-hybridized carbons (Fsp3) is 0.606. The Hall–Kier alpha value is -4.48. The lowest BCUT2D eigenvalue weighted by atomic mass is 10.0. The fourth-order valence-electron chi connectivity index (χ4n) is 6.57. The molecule has 0 spiro atoms. The van der Waals surface area contributed by atoms with E-state index in [1.54, 1.807) is 20.8 Å². The molecule has 2 aromatic rings. The third-order valence-electron chi connectivity index (χ3n) is 9.43. The summed E-state index contributed by atoms with van der Waals surface area (Å²) in [6.45, 7) is 4.95. The van der Waals surface area contributed by atoms with E-state index in [2.05, 4.69) is 30.8 Å². The van der Waals surface area contributed by atoms with Crippen molar-refractivity contribution in [2.45, 2.75) is 113 Å². The van der Waals surface area contributed by atoms with E-state index in [0.29, 0.717) is 31.7 Å². The second-order valence-corrected chi connectivity index (χ2v) is 16.7. The average molecular weight is 733 g/mol. The van der Waals surface area contributed by atoms with Gasteiger partial charge in [-0.2, -0.15) is 4.80 Å². The number of aromatic nitrogens is 4. The van der Waals surface area contributed by atoms with Gasteiger partial charge < -0.3 is 20.3 Å². The van der Waals surface area contributed by atoms with Crippen LogP contribution in [0.1, 0.15) is 84.6 Å². The van der Waals surface area contributed by atoms with Crippen molar-refractivity contribution in [3.05, 3.63) is 42.0 Å². The van der Waals surface area contributed by atoms with Crippen LogP contribution in [0.2, 0.25) is 0 Å². The summed E-state index contributed by atoms with van der Waals surface area (Å²) in [6, 6.07) is -0.231. The van der Waals surface area contributed by atoms with Crippen molar-refractivity contribution in [2.75, 3.05) is 6.54 Å². The van der Waals surface area contributed by atoms with Crippen LogP contribution in [-0.2, 0) is 29.1 Å². The summed E-state index contributed by atoms with van der Waals surface area (Å²) in [4.78, 5) is 57.5. The first-order chi connectivity index (χ1) is 24.0. The lowest BCUT2D eigenvalue weighted by molar-refractivity contribution is -0.141. The van der Waals surface area contributed by atoms with Crippen molar-refractivity contribution in [1.82, 2.24) is 40.5 Å². The van der Waals surface area contributed by atoms with Crippen LogP contribution < -0.4 is 15.4 Å². The molecule has 2 saturated carbocycles. The van der Waals surface area contributed by atoms with Crippen molar-refractivity contribution < 1.29 is 41.1 Å². The maximum Gasteiger partial charge on any atom is 0.408 e. The van der Waals surface area contributed by atoms with E-state index in [1.165, 1.54) is 4.90 Å². The Labute approximate surface area is 294 Å². The Kier molecular flexibility index (Phi) is 9.91. The Balaban J connectivity index is 1.31. The SMILES string of the molecule is CC(C)(C)OC(=O)N[C@H]1CCCCC/C=C/C2C[C@@]2(C(=O)NS(=O)(=O)C2CC2)NC(=O)[C@@H]2C[C@@H](n3nnc(-c4cc(F)cc(F)c4)n3)CN2C1=O. The minimum Gasteiger partial charge on any atom is -0.444 e. The van der Waals surface area contributed by atoms with Gasteiger partial charge in [0.15, 0.2) is 0 Å². The molecule has 276 valence electrons. The molecule has 0 radical (unpaired) electrons. The Morgan fingerprint density at radius 1 is 1.06 bits per heavy atom. The number of nitrogens with one attached hydrogen (secondary N) is 3. The third kappa shape index (κ3) is 8.37. The summed E-state index contributed by atoms with van der Waals surface area (Å²) in [7, 11) is -3.92. The van der Waals surface area contributed by atoms with Crippen LogP contribution in [0.25, 0.3) is 11.4 Å². The van der Waals surface area contributed by atoms with Gasteiger partial charge in [0, 0.05) is 30.5 Å². The number of carbonyl (C=O) groups excluding carboxylic acids is 4. The highest BCUT2D eigenvalue weighted by atomic mass is 32.2. The highest BCUT2D eigenvalue weighted by Crippen LogP contribution is 2.46. The van der Waals surface area contributed by atoms with Gasteiger partial charge in [-0.15, -0.1) is 10.2 Å². The van der Waals surface area contributed by atoms with Crippen LogP contribution >= 0.6 is 0 Å². The molecular formula is C33H42F2N8O7S. The zero-order chi connectivity index (χ0) is 36.7. The number of sulfonamides is 1. The minimum absolute atomic E-state index is 0.0315.